The van der Waals surface area contributed by atoms with Gasteiger partial charge in [-0.1, -0.05) is 15.9 Å². The molecular weight excluding hydrogens is 275 g/mol. The second-order valence-corrected chi connectivity index (χ2v) is 3.98. The predicted molar refractivity (Wildman–Crippen MR) is 53.1 cm³/mol. The zero-order valence-electron chi connectivity index (χ0n) is 7.55. The Balaban J connectivity index is 3.10. The van der Waals surface area contributed by atoms with E-state index in [9.17, 15) is 13.2 Å². The second kappa shape index (κ2) is 4.51. The van der Waals surface area contributed by atoms with Gasteiger partial charge in [0.2, 0.25) is 0 Å². The lowest BCUT2D eigenvalue weighted by atomic mass is 10.0. The van der Waals surface area contributed by atoms with E-state index in [1.807, 2.05) is 0 Å². The number of aliphatic hydroxyl groups is 1. The molecule has 0 aromatic heterocycles. The summed E-state index contributed by atoms with van der Waals surface area (Å²) in [6.45, 7) is -1.42. The molecule has 1 aromatic carbocycles. The van der Waals surface area contributed by atoms with Crippen molar-refractivity contribution in [3.63, 3.8) is 0 Å². The normalized spacial score (nSPS) is 14.0. The molecule has 0 fully saturated rings. The van der Waals surface area contributed by atoms with E-state index < -0.39 is 24.4 Å². The maximum Gasteiger partial charge on any atom is 0.289 e. The first kappa shape index (κ1) is 12.5. The van der Waals surface area contributed by atoms with Crippen LogP contribution in [0.2, 0.25) is 0 Å². The predicted octanol–water partition coefficient (Wildman–Crippen LogP) is 2.22. The van der Waals surface area contributed by atoms with Crippen molar-refractivity contribution in [2.24, 2.45) is 5.73 Å². The molecule has 15 heavy (non-hydrogen) atoms. The van der Waals surface area contributed by atoms with Crippen LogP contribution in [0.4, 0.5) is 13.2 Å². The van der Waals surface area contributed by atoms with E-state index in [4.69, 9.17) is 10.8 Å². The Hall–Kier alpha value is -0.590. The summed E-state index contributed by atoms with van der Waals surface area (Å²) >= 11 is 3.02. The van der Waals surface area contributed by atoms with Crippen LogP contribution < -0.4 is 5.73 Å². The maximum absolute atomic E-state index is 13.2. The summed E-state index contributed by atoms with van der Waals surface area (Å²) in [5.74, 6) is -4.36. The highest BCUT2D eigenvalue weighted by Crippen LogP contribution is 2.31. The summed E-state index contributed by atoms with van der Waals surface area (Å²) in [4.78, 5) is 0. The SMILES string of the molecule is N[C@@H](c1cc(Br)ccc1F)C(F)(F)CO. The topological polar surface area (TPSA) is 46.2 Å². The summed E-state index contributed by atoms with van der Waals surface area (Å²) < 4.78 is 39.6. The molecule has 0 heterocycles. The van der Waals surface area contributed by atoms with E-state index in [-0.39, 0.29) is 5.56 Å². The van der Waals surface area contributed by atoms with E-state index in [1.165, 1.54) is 12.1 Å². The van der Waals surface area contributed by atoms with Gasteiger partial charge in [0.1, 0.15) is 12.4 Å². The molecule has 3 N–H and O–H groups in total. The molecule has 84 valence electrons. The van der Waals surface area contributed by atoms with Crippen LogP contribution in [0, 0.1) is 5.82 Å². The lowest BCUT2D eigenvalue weighted by Gasteiger charge is -2.22. The van der Waals surface area contributed by atoms with E-state index in [1.54, 1.807) is 0 Å². The van der Waals surface area contributed by atoms with Crippen LogP contribution in [0.1, 0.15) is 11.6 Å². The minimum atomic E-state index is -3.54. The van der Waals surface area contributed by atoms with Gasteiger partial charge in [0.05, 0.1) is 6.04 Å². The van der Waals surface area contributed by atoms with Crippen molar-refractivity contribution in [2.45, 2.75) is 12.0 Å². The smallest absolute Gasteiger partial charge is 0.289 e. The van der Waals surface area contributed by atoms with Crippen molar-refractivity contribution >= 4 is 15.9 Å². The fraction of sp³-hybridized carbons (Fsp3) is 0.333. The highest BCUT2D eigenvalue weighted by molar-refractivity contribution is 9.10. The van der Waals surface area contributed by atoms with Gasteiger partial charge in [-0.05, 0) is 18.2 Å². The van der Waals surface area contributed by atoms with Gasteiger partial charge < -0.3 is 10.8 Å². The van der Waals surface area contributed by atoms with E-state index >= 15 is 0 Å². The van der Waals surface area contributed by atoms with Crippen molar-refractivity contribution in [3.05, 3.63) is 34.1 Å². The Labute approximate surface area is 93.0 Å². The first-order valence-electron chi connectivity index (χ1n) is 4.07. The number of hydrogen-bond donors (Lipinski definition) is 2. The molecule has 0 aliphatic carbocycles. The Kier molecular flexibility index (Phi) is 3.75. The van der Waals surface area contributed by atoms with Crippen LogP contribution in [0.5, 0.6) is 0 Å². The number of hydrogen-bond acceptors (Lipinski definition) is 2. The summed E-state index contributed by atoms with van der Waals surface area (Å²) in [5.41, 5.74) is 4.85. The van der Waals surface area contributed by atoms with Crippen LogP contribution in [-0.2, 0) is 0 Å². The highest BCUT2D eigenvalue weighted by atomic mass is 79.9. The minimum absolute atomic E-state index is 0.330. The van der Waals surface area contributed by atoms with Crippen molar-refractivity contribution in [2.75, 3.05) is 6.61 Å². The first-order valence-corrected chi connectivity index (χ1v) is 4.87. The molecule has 0 bridgehead atoms. The maximum atomic E-state index is 13.2. The Morgan fingerprint density at radius 3 is 2.60 bits per heavy atom. The number of benzene rings is 1. The molecule has 0 spiro atoms. The summed E-state index contributed by atoms with van der Waals surface area (Å²) in [6, 6.07) is 1.72. The van der Waals surface area contributed by atoms with Gasteiger partial charge in [0.25, 0.3) is 5.92 Å². The molecule has 0 saturated carbocycles. The quantitative estimate of drug-likeness (QED) is 0.894. The lowest BCUT2D eigenvalue weighted by Crippen LogP contribution is -2.36. The number of halogens is 4. The van der Waals surface area contributed by atoms with Crippen LogP contribution in [-0.4, -0.2) is 17.6 Å². The molecule has 1 aromatic rings. The highest BCUT2D eigenvalue weighted by Gasteiger charge is 2.38. The first-order chi connectivity index (χ1) is 6.88. The average molecular weight is 284 g/mol. The number of rotatable bonds is 3. The van der Waals surface area contributed by atoms with Crippen LogP contribution in [0.3, 0.4) is 0 Å². The van der Waals surface area contributed by atoms with Gasteiger partial charge in [0, 0.05) is 10.0 Å². The number of aliphatic hydroxyl groups excluding tert-OH is 1. The molecule has 1 atom stereocenters. The molecule has 0 aliphatic rings. The molecular formula is C9H9BrF3NO. The van der Waals surface area contributed by atoms with Crippen molar-refractivity contribution in [3.8, 4) is 0 Å². The Morgan fingerprint density at radius 1 is 1.47 bits per heavy atom. The fourth-order valence-corrected chi connectivity index (χ4v) is 1.46. The van der Waals surface area contributed by atoms with Crippen molar-refractivity contribution in [1.29, 1.82) is 0 Å². The Morgan fingerprint density at radius 2 is 2.07 bits per heavy atom. The van der Waals surface area contributed by atoms with Gasteiger partial charge in [-0.25, -0.2) is 13.2 Å². The third-order valence-electron chi connectivity index (χ3n) is 1.96. The van der Waals surface area contributed by atoms with E-state index in [2.05, 4.69) is 15.9 Å². The molecule has 1 rings (SSSR count). The lowest BCUT2D eigenvalue weighted by molar-refractivity contribution is -0.0718. The van der Waals surface area contributed by atoms with Gasteiger partial charge in [-0.15, -0.1) is 0 Å². The van der Waals surface area contributed by atoms with E-state index in [0.717, 1.165) is 6.07 Å². The fourth-order valence-electron chi connectivity index (χ4n) is 1.08. The third-order valence-corrected chi connectivity index (χ3v) is 2.45. The van der Waals surface area contributed by atoms with Crippen LogP contribution in [0.15, 0.2) is 22.7 Å². The second-order valence-electron chi connectivity index (χ2n) is 3.06. The summed E-state index contributed by atoms with van der Waals surface area (Å²) in [7, 11) is 0. The minimum Gasteiger partial charge on any atom is -0.390 e. The van der Waals surface area contributed by atoms with E-state index in [0.29, 0.717) is 4.47 Å². The number of nitrogens with two attached hydrogens (primary N) is 1. The standard InChI is InChI=1S/C9H9BrF3NO/c10-5-1-2-7(11)6(3-5)8(14)9(12,13)4-15/h1-3,8,15H,4,14H2/t8-/m0/s1. The molecule has 0 amide bonds. The molecule has 0 aliphatic heterocycles. The monoisotopic (exact) mass is 283 g/mol. The van der Waals surface area contributed by atoms with Crippen molar-refractivity contribution in [1.82, 2.24) is 0 Å². The van der Waals surface area contributed by atoms with Gasteiger partial charge in [-0.3, -0.25) is 0 Å². The van der Waals surface area contributed by atoms with Crippen LogP contribution in [0.25, 0.3) is 0 Å². The molecule has 2 nitrogen and oxygen atoms in total. The van der Waals surface area contributed by atoms with Gasteiger partial charge in [0.15, 0.2) is 0 Å². The van der Waals surface area contributed by atoms with Gasteiger partial charge in [-0.2, -0.15) is 0 Å². The zero-order valence-corrected chi connectivity index (χ0v) is 9.14. The van der Waals surface area contributed by atoms with Gasteiger partial charge >= 0.3 is 0 Å². The Bertz CT molecular complexity index is 359. The van der Waals surface area contributed by atoms with Crippen molar-refractivity contribution < 1.29 is 18.3 Å². The molecule has 6 heteroatoms. The van der Waals surface area contributed by atoms with Crippen LogP contribution >= 0.6 is 15.9 Å². The molecule has 0 saturated heterocycles. The summed E-state index contributed by atoms with van der Waals surface area (Å²) in [5, 5.41) is 8.42. The summed E-state index contributed by atoms with van der Waals surface area (Å²) in [6.07, 6.45) is 0. The average Bonchev–Trinajstić information content (AvgIpc) is 2.20. The largest absolute Gasteiger partial charge is 0.390 e. The zero-order chi connectivity index (χ0) is 11.6. The third kappa shape index (κ3) is 2.70. The molecule has 0 unspecified atom stereocenters. The number of alkyl halides is 2. The molecule has 0 radical (unpaired) electrons.